The summed E-state index contributed by atoms with van der Waals surface area (Å²) in [5.74, 6) is 0.374. The number of carbonyl (C=O) groups is 1. The summed E-state index contributed by atoms with van der Waals surface area (Å²) in [5, 5.41) is 3.57. The molecular weight excluding hydrogens is 234 g/mol. The first kappa shape index (κ1) is 14.3. The van der Waals surface area contributed by atoms with Gasteiger partial charge in [0, 0.05) is 6.42 Å². The Hall–Kier alpha value is -1.15. The van der Waals surface area contributed by atoms with Crippen molar-refractivity contribution in [2.75, 3.05) is 6.54 Å². The Morgan fingerprint density at radius 3 is 2.58 bits per heavy atom. The third-order valence-corrected chi connectivity index (χ3v) is 4.18. The Balaban J connectivity index is 2.27. The van der Waals surface area contributed by atoms with Crippen LogP contribution in [0.4, 0.5) is 0 Å². The first-order valence-corrected chi connectivity index (χ1v) is 7.54. The zero-order valence-electron chi connectivity index (χ0n) is 12.2. The first-order chi connectivity index (χ1) is 9.19. The standard InChI is InChI=1S/C17H25NO/c1-3-4-13-18-17(12-6-5-7-16(17)19)15-10-8-14(2)9-11-15/h8-11,18H,3-7,12-13H2,1-2H3. The monoisotopic (exact) mass is 259 g/mol. The molecule has 1 N–H and O–H groups in total. The zero-order valence-corrected chi connectivity index (χ0v) is 12.2. The second-order valence-corrected chi connectivity index (χ2v) is 5.68. The third kappa shape index (κ3) is 3.06. The molecule has 0 aromatic heterocycles. The molecule has 0 heterocycles. The van der Waals surface area contributed by atoms with Gasteiger partial charge in [-0.3, -0.25) is 4.79 Å². The molecule has 0 bridgehead atoms. The molecule has 2 heteroatoms. The summed E-state index contributed by atoms with van der Waals surface area (Å²) in [4.78, 5) is 12.5. The molecule has 2 nitrogen and oxygen atoms in total. The minimum atomic E-state index is -0.416. The molecule has 0 saturated heterocycles. The molecule has 1 saturated carbocycles. The molecule has 0 spiro atoms. The topological polar surface area (TPSA) is 29.1 Å². The second-order valence-electron chi connectivity index (χ2n) is 5.68. The van der Waals surface area contributed by atoms with Crippen LogP contribution < -0.4 is 5.32 Å². The smallest absolute Gasteiger partial charge is 0.157 e. The molecule has 104 valence electrons. The van der Waals surface area contributed by atoms with Crippen LogP contribution in [0.1, 0.15) is 56.6 Å². The molecule has 1 fully saturated rings. The van der Waals surface area contributed by atoms with E-state index in [9.17, 15) is 4.79 Å². The lowest BCUT2D eigenvalue weighted by Crippen LogP contribution is -2.51. The number of unbranched alkanes of at least 4 members (excludes halogenated alkanes) is 1. The molecule has 1 aliphatic rings. The quantitative estimate of drug-likeness (QED) is 0.816. The SMILES string of the molecule is CCCCNC1(c2ccc(C)cc2)CCCCC1=O. The van der Waals surface area contributed by atoms with Crippen LogP contribution in [0.15, 0.2) is 24.3 Å². The molecule has 1 aromatic rings. The van der Waals surface area contributed by atoms with Crippen molar-refractivity contribution in [3.8, 4) is 0 Å². The Morgan fingerprint density at radius 2 is 1.95 bits per heavy atom. The van der Waals surface area contributed by atoms with Gasteiger partial charge in [-0.2, -0.15) is 0 Å². The number of Topliss-reactive ketones (excluding diaryl/α,β-unsaturated/α-hetero) is 1. The van der Waals surface area contributed by atoms with Crippen LogP contribution in [0.5, 0.6) is 0 Å². The van der Waals surface area contributed by atoms with E-state index in [1.54, 1.807) is 0 Å². The fourth-order valence-electron chi connectivity index (χ4n) is 2.94. The maximum atomic E-state index is 12.5. The minimum Gasteiger partial charge on any atom is -0.301 e. The molecular formula is C17H25NO. The normalized spacial score (nSPS) is 23.6. The molecule has 1 unspecified atom stereocenters. The zero-order chi connectivity index (χ0) is 13.7. The number of benzene rings is 1. The van der Waals surface area contributed by atoms with Gasteiger partial charge in [0.25, 0.3) is 0 Å². The van der Waals surface area contributed by atoms with Crippen molar-refractivity contribution in [3.05, 3.63) is 35.4 Å². The number of aryl methyl sites for hydroxylation is 1. The number of rotatable bonds is 5. The van der Waals surface area contributed by atoms with E-state index in [4.69, 9.17) is 0 Å². The highest BCUT2D eigenvalue weighted by Gasteiger charge is 2.40. The second kappa shape index (κ2) is 6.33. The maximum absolute atomic E-state index is 12.5. The number of ketones is 1. The highest BCUT2D eigenvalue weighted by atomic mass is 16.1. The summed E-state index contributed by atoms with van der Waals surface area (Å²) in [6, 6.07) is 8.47. The van der Waals surface area contributed by atoms with Gasteiger partial charge >= 0.3 is 0 Å². The lowest BCUT2D eigenvalue weighted by molar-refractivity contribution is -0.128. The van der Waals surface area contributed by atoms with Crippen LogP contribution in [-0.4, -0.2) is 12.3 Å². The van der Waals surface area contributed by atoms with Crippen LogP contribution >= 0.6 is 0 Å². The van der Waals surface area contributed by atoms with Crippen LogP contribution in [0.25, 0.3) is 0 Å². The van der Waals surface area contributed by atoms with Gasteiger partial charge in [-0.1, -0.05) is 49.6 Å². The largest absolute Gasteiger partial charge is 0.301 e. The minimum absolute atomic E-state index is 0.374. The van der Waals surface area contributed by atoms with E-state index in [1.165, 1.54) is 5.56 Å². The number of carbonyl (C=O) groups excluding carboxylic acids is 1. The van der Waals surface area contributed by atoms with Gasteiger partial charge in [-0.25, -0.2) is 0 Å². The third-order valence-electron chi connectivity index (χ3n) is 4.18. The molecule has 2 rings (SSSR count). The van der Waals surface area contributed by atoms with Crippen molar-refractivity contribution >= 4 is 5.78 Å². The fraction of sp³-hybridized carbons (Fsp3) is 0.588. The van der Waals surface area contributed by atoms with E-state index in [0.29, 0.717) is 12.2 Å². The van der Waals surface area contributed by atoms with Gasteiger partial charge in [0.1, 0.15) is 5.54 Å². The number of nitrogens with one attached hydrogen (secondary N) is 1. The van der Waals surface area contributed by atoms with Crippen molar-refractivity contribution in [3.63, 3.8) is 0 Å². The number of hydrogen-bond donors (Lipinski definition) is 1. The van der Waals surface area contributed by atoms with Crippen molar-refractivity contribution in [2.45, 2.75) is 57.9 Å². The highest BCUT2D eigenvalue weighted by molar-refractivity contribution is 5.90. The van der Waals surface area contributed by atoms with Crippen molar-refractivity contribution in [1.82, 2.24) is 5.32 Å². The fourth-order valence-corrected chi connectivity index (χ4v) is 2.94. The van der Waals surface area contributed by atoms with Crippen LogP contribution in [0, 0.1) is 6.92 Å². The summed E-state index contributed by atoms with van der Waals surface area (Å²) in [6.45, 7) is 5.20. The summed E-state index contributed by atoms with van der Waals surface area (Å²) in [7, 11) is 0. The first-order valence-electron chi connectivity index (χ1n) is 7.54. The lowest BCUT2D eigenvalue weighted by atomic mass is 9.75. The van der Waals surface area contributed by atoms with Gasteiger partial charge in [-0.15, -0.1) is 0 Å². The van der Waals surface area contributed by atoms with Crippen LogP contribution in [0.3, 0.4) is 0 Å². The summed E-state index contributed by atoms with van der Waals surface area (Å²) >= 11 is 0. The van der Waals surface area contributed by atoms with E-state index in [-0.39, 0.29) is 0 Å². The summed E-state index contributed by atoms with van der Waals surface area (Å²) < 4.78 is 0. The van der Waals surface area contributed by atoms with Crippen LogP contribution in [0.2, 0.25) is 0 Å². The van der Waals surface area contributed by atoms with E-state index in [0.717, 1.165) is 44.2 Å². The Bertz CT molecular complexity index is 423. The van der Waals surface area contributed by atoms with Crippen molar-refractivity contribution in [2.24, 2.45) is 0 Å². The molecule has 0 radical (unpaired) electrons. The molecule has 1 aromatic carbocycles. The van der Waals surface area contributed by atoms with Gasteiger partial charge in [-0.05, 0) is 38.3 Å². The van der Waals surface area contributed by atoms with E-state index in [1.807, 2.05) is 0 Å². The average Bonchev–Trinajstić information content (AvgIpc) is 2.42. The summed E-state index contributed by atoms with van der Waals surface area (Å²) in [6.07, 6.45) is 6.12. The molecule has 19 heavy (non-hydrogen) atoms. The predicted octanol–water partition coefficient (Wildman–Crippen LogP) is 3.72. The molecule has 0 aliphatic heterocycles. The van der Waals surface area contributed by atoms with Gasteiger partial charge in [0.05, 0.1) is 0 Å². The Morgan fingerprint density at radius 1 is 1.21 bits per heavy atom. The Kier molecular flexibility index (Phi) is 4.76. The number of hydrogen-bond acceptors (Lipinski definition) is 2. The van der Waals surface area contributed by atoms with Crippen molar-refractivity contribution < 1.29 is 4.79 Å². The summed E-state index contributed by atoms with van der Waals surface area (Å²) in [5.41, 5.74) is 1.98. The van der Waals surface area contributed by atoms with Gasteiger partial charge < -0.3 is 5.32 Å². The molecule has 1 atom stereocenters. The highest BCUT2D eigenvalue weighted by Crippen LogP contribution is 2.34. The van der Waals surface area contributed by atoms with Gasteiger partial charge in [0.2, 0.25) is 0 Å². The van der Waals surface area contributed by atoms with E-state index >= 15 is 0 Å². The predicted molar refractivity (Wildman–Crippen MR) is 79.2 cm³/mol. The van der Waals surface area contributed by atoms with E-state index in [2.05, 4.69) is 43.4 Å². The maximum Gasteiger partial charge on any atom is 0.157 e. The lowest BCUT2D eigenvalue weighted by Gasteiger charge is -2.37. The molecule has 1 aliphatic carbocycles. The van der Waals surface area contributed by atoms with E-state index < -0.39 is 5.54 Å². The average molecular weight is 259 g/mol. The molecule has 0 amide bonds. The van der Waals surface area contributed by atoms with Crippen LogP contribution in [-0.2, 0) is 10.3 Å². The Labute approximate surface area is 116 Å². The van der Waals surface area contributed by atoms with Crippen molar-refractivity contribution in [1.29, 1.82) is 0 Å². The van der Waals surface area contributed by atoms with Gasteiger partial charge in [0.15, 0.2) is 5.78 Å².